The maximum Gasteiger partial charge on any atom is 0.241 e. The number of anilines is 1. The summed E-state index contributed by atoms with van der Waals surface area (Å²) in [4.78, 5) is 0. The van der Waals surface area contributed by atoms with Crippen LogP contribution in [0.1, 0.15) is 0 Å². The van der Waals surface area contributed by atoms with E-state index in [0.29, 0.717) is 10.5 Å². The molecular weight excluding hydrogens is 221 g/mol. The van der Waals surface area contributed by atoms with E-state index in [2.05, 4.69) is 38.1 Å². The van der Waals surface area contributed by atoms with Crippen LogP contribution in [0.15, 0.2) is 0 Å². The van der Waals surface area contributed by atoms with Gasteiger partial charge in [0.1, 0.15) is 0 Å². The summed E-state index contributed by atoms with van der Waals surface area (Å²) in [6.07, 6.45) is 0. The Balaban J connectivity index is 2.92. The number of rotatable bonds is 1. The van der Waals surface area contributed by atoms with Crippen molar-refractivity contribution >= 4 is 28.5 Å². The van der Waals surface area contributed by atoms with E-state index in [9.17, 15) is 0 Å². The maximum absolute atomic E-state index is 5.27. The van der Waals surface area contributed by atoms with E-state index in [-0.39, 0.29) is 0 Å². The van der Waals surface area contributed by atoms with E-state index in [4.69, 9.17) is 5.73 Å². The minimum Gasteiger partial charge on any atom is -0.367 e. The predicted molar refractivity (Wildman–Crippen MR) is 36.2 cm³/mol. The molecule has 0 saturated heterocycles. The first kappa shape index (κ1) is 5.73. The molecule has 0 aliphatic heterocycles. The first-order chi connectivity index (χ1) is 3.84. The predicted octanol–water partition coefficient (Wildman–Crippen LogP) is -0.352. The number of nitrogens with two attached hydrogens (primary N) is 1. The SMILES string of the molecule is Nc1nnnn1CI. The van der Waals surface area contributed by atoms with E-state index in [1.54, 1.807) is 0 Å². The third-order valence-electron chi connectivity index (χ3n) is 0.673. The van der Waals surface area contributed by atoms with Crippen LogP contribution >= 0.6 is 22.6 Å². The van der Waals surface area contributed by atoms with Gasteiger partial charge in [0.05, 0.1) is 4.55 Å². The van der Waals surface area contributed by atoms with Crippen molar-refractivity contribution in [2.45, 2.75) is 4.55 Å². The second kappa shape index (κ2) is 2.25. The Bertz CT molecular complexity index is 171. The summed E-state index contributed by atoms with van der Waals surface area (Å²) in [5.74, 6) is 0.361. The van der Waals surface area contributed by atoms with Gasteiger partial charge in [-0.3, -0.25) is 0 Å². The smallest absolute Gasteiger partial charge is 0.241 e. The second-order valence-electron chi connectivity index (χ2n) is 1.16. The lowest BCUT2D eigenvalue weighted by atomic mass is 11.0. The third kappa shape index (κ3) is 0.881. The lowest BCUT2D eigenvalue weighted by molar-refractivity contribution is 0.716. The molecular formula is C2H4IN5. The normalized spacial score (nSPS) is 9.62. The standard InChI is InChI=1S/C2H4IN5/c3-1-8-2(4)5-6-7-8/h1H2,(H2,4,5,7). The zero-order valence-electron chi connectivity index (χ0n) is 3.95. The Morgan fingerprint density at radius 2 is 2.50 bits per heavy atom. The number of hydrogen-bond acceptors (Lipinski definition) is 4. The molecule has 1 aromatic heterocycles. The van der Waals surface area contributed by atoms with E-state index in [1.807, 2.05) is 0 Å². The molecule has 0 aliphatic rings. The van der Waals surface area contributed by atoms with Gasteiger partial charge in [-0.15, -0.1) is 0 Å². The van der Waals surface area contributed by atoms with Crippen LogP contribution in [0.4, 0.5) is 5.95 Å². The minimum absolute atomic E-state index is 0.361. The minimum atomic E-state index is 0.361. The molecule has 44 valence electrons. The highest BCUT2D eigenvalue weighted by Gasteiger charge is 1.94. The third-order valence-corrected chi connectivity index (χ3v) is 1.32. The summed E-state index contributed by atoms with van der Waals surface area (Å²) in [5.41, 5.74) is 5.27. The molecule has 0 radical (unpaired) electrons. The van der Waals surface area contributed by atoms with E-state index in [1.165, 1.54) is 4.68 Å². The molecule has 0 atom stereocenters. The summed E-state index contributed by atoms with van der Waals surface area (Å²) in [5, 5.41) is 10.3. The molecule has 8 heavy (non-hydrogen) atoms. The molecule has 0 spiro atoms. The van der Waals surface area contributed by atoms with E-state index < -0.39 is 0 Å². The average molecular weight is 225 g/mol. The highest BCUT2D eigenvalue weighted by atomic mass is 127. The van der Waals surface area contributed by atoms with Crippen molar-refractivity contribution in [3.63, 3.8) is 0 Å². The fourth-order valence-electron chi connectivity index (χ4n) is 0.297. The fourth-order valence-corrected chi connectivity index (χ4v) is 0.783. The number of nitrogen functional groups attached to an aromatic ring is 1. The highest BCUT2D eigenvalue weighted by molar-refractivity contribution is 14.1. The van der Waals surface area contributed by atoms with E-state index in [0.717, 1.165) is 0 Å². The number of hydrogen-bond donors (Lipinski definition) is 1. The molecule has 1 aromatic rings. The number of halogens is 1. The topological polar surface area (TPSA) is 69.6 Å². The molecule has 0 fully saturated rings. The summed E-state index contributed by atoms with van der Waals surface area (Å²) >= 11 is 2.12. The lowest BCUT2D eigenvalue weighted by Crippen LogP contribution is -2.00. The molecule has 1 rings (SSSR count). The van der Waals surface area contributed by atoms with Crippen LogP contribution in [0, 0.1) is 0 Å². The van der Waals surface area contributed by atoms with Gasteiger partial charge in [-0.1, -0.05) is 27.7 Å². The summed E-state index contributed by atoms with van der Waals surface area (Å²) in [7, 11) is 0. The van der Waals surface area contributed by atoms with Gasteiger partial charge in [0.25, 0.3) is 0 Å². The Morgan fingerprint density at radius 3 is 2.75 bits per heavy atom. The Labute approximate surface area is 59.4 Å². The highest BCUT2D eigenvalue weighted by Crippen LogP contribution is 1.94. The van der Waals surface area contributed by atoms with Crippen molar-refractivity contribution in [1.29, 1.82) is 0 Å². The lowest BCUT2D eigenvalue weighted by Gasteiger charge is -1.88. The molecule has 0 bridgehead atoms. The Kier molecular flexibility index (Phi) is 1.61. The van der Waals surface area contributed by atoms with Gasteiger partial charge >= 0.3 is 0 Å². The van der Waals surface area contributed by atoms with E-state index >= 15 is 0 Å². The maximum atomic E-state index is 5.27. The van der Waals surface area contributed by atoms with Crippen LogP contribution in [-0.2, 0) is 4.55 Å². The van der Waals surface area contributed by atoms with Crippen molar-refractivity contribution in [1.82, 2.24) is 20.2 Å². The van der Waals surface area contributed by atoms with Gasteiger partial charge in [0.15, 0.2) is 0 Å². The van der Waals surface area contributed by atoms with Gasteiger partial charge in [0, 0.05) is 0 Å². The number of tetrazole rings is 1. The van der Waals surface area contributed by atoms with Crippen molar-refractivity contribution in [2.24, 2.45) is 0 Å². The van der Waals surface area contributed by atoms with Crippen LogP contribution in [0.3, 0.4) is 0 Å². The molecule has 0 aromatic carbocycles. The molecule has 6 heteroatoms. The summed E-state index contributed by atoms with van der Waals surface area (Å²) in [6.45, 7) is 0. The first-order valence-electron chi connectivity index (χ1n) is 1.92. The first-order valence-corrected chi connectivity index (χ1v) is 3.44. The molecule has 0 unspecified atom stereocenters. The van der Waals surface area contributed by atoms with Crippen LogP contribution in [-0.4, -0.2) is 20.2 Å². The van der Waals surface area contributed by atoms with Crippen LogP contribution < -0.4 is 5.73 Å². The molecule has 0 aliphatic carbocycles. The Morgan fingerprint density at radius 1 is 1.75 bits per heavy atom. The number of aromatic nitrogens is 4. The Hall–Kier alpha value is -0.400. The van der Waals surface area contributed by atoms with Crippen molar-refractivity contribution in [3.8, 4) is 0 Å². The molecule has 1 heterocycles. The van der Waals surface area contributed by atoms with Crippen LogP contribution in [0.2, 0.25) is 0 Å². The van der Waals surface area contributed by atoms with Crippen LogP contribution in [0.5, 0.6) is 0 Å². The van der Waals surface area contributed by atoms with Gasteiger partial charge in [-0.05, 0) is 10.4 Å². The zero-order valence-corrected chi connectivity index (χ0v) is 6.11. The summed E-state index contributed by atoms with van der Waals surface area (Å²) in [6, 6.07) is 0. The van der Waals surface area contributed by atoms with Crippen LogP contribution in [0.25, 0.3) is 0 Å². The van der Waals surface area contributed by atoms with Gasteiger partial charge in [0.2, 0.25) is 5.95 Å². The number of nitrogens with zero attached hydrogens (tertiary/aromatic N) is 4. The van der Waals surface area contributed by atoms with Gasteiger partial charge in [-0.25, -0.2) is 4.68 Å². The van der Waals surface area contributed by atoms with Crippen molar-refractivity contribution < 1.29 is 0 Å². The molecule has 2 N–H and O–H groups in total. The largest absolute Gasteiger partial charge is 0.367 e. The average Bonchev–Trinajstić information content (AvgIpc) is 2.14. The van der Waals surface area contributed by atoms with Crippen molar-refractivity contribution in [3.05, 3.63) is 0 Å². The molecule has 0 amide bonds. The fraction of sp³-hybridized carbons (Fsp3) is 0.500. The monoisotopic (exact) mass is 225 g/mol. The number of alkyl halides is 1. The van der Waals surface area contributed by atoms with Gasteiger partial charge < -0.3 is 5.73 Å². The van der Waals surface area contributed by atoms with Crippen molar-refractivity contribution in [2.75, 3.05) is 5.73 Å². The second-order valence-corrected chi connectivity index (χ2v) is 1.84. The quantitative estimate of drug-likeness (QED) is 0.523. The zero-order chi connectivity index (χ0) is 5.98. The summed E-state index contributed by atoms with van der Waals surface area (Å²) < 4.78 is 2.19. The van der Waals surface area contributed by atoms with Gasteiger partial charge in [-0.2, -0.15) is 0 Å². The molecule has 0 saturated carbocycles. The molecule has 5 nitrogen and oxygen atoms in total.